The molecular weight excluding hydrogens is 200 g/mol. The molecule has 1 heterocycles. The van der Waals surface area contributed by atoms with Crippen LogP contribution >= 0.6 is 0 Å². The van der Waals surface area contributed by atoms with Gasteiger partial charge in [0, 0.05) is 13.1 Å². The lowest BCUT2D eigenvalue weighted by molar-refractivity contribution is 0.189. The summed E-state index contributed by atoms with van der Waals surface area (Å²) >= 11 is 0. The summed E-state index contributed by atoms with van der Waals surface area (Å²) in [6.45, 7) is 6.92. The number of nitrogens with two attached hydrogens (primary N) is 1. The molecule has 16 heavy (non-hydrogen) atoms. The minimum Gasteiger partial charge on any atom is -0.486 e. The molecule has 0 fully saturated rings. The van der Waals surface area contributed by atoms with Gasteiger partial charge < -0.3 is 15.4 Å². The van der Waals surface area contributed by atoms with Gasteiger partial charge in [-0.3, -0.25) is 0 Å². The molecule has 1 aliphatic heterocycles. The second kappa shape index (κ2) is 4.74. The van der Waals surface area contributed by atoms with E-state index < -0.39 is 0 Å². The SMILES string of the molecule is CCC1CN(CC)c2ccc(CN)cc2O1. The third-order valence-corrected chi connectivity index (χ3v) is 3.16. The van der Waals surface area contributed by atoms with E-state index >= 15 is 0 Å². The van der Waals surface area contributed by atoms with E-state index in [1.54, 1.807) is 0 Å². The van der Waals surface area contributed by atoms with Gasteiger partial charge in [-0.2, -0.15) is 0 Å². The zero-order valence-corrected chi connectivity index (χ0v) is 10.1. The summed E-state index contributed by atoms with van der Waals surface area (Å²) in [5, 5.41) is 0. The molecule has 1 atom stereocenters. The van der Waals surface area contributed by atoms with Gasteiger partial charge in [-0.1, -0.05) is 13.0 Å². The Labute approximate surface area is 97.2 Å². The predicted molar refractivity (Wildman–Crippen MR) is 66.9 cm³/mol. The summed E-state index contributed by atoms with van der Waals surface area (Å²) in [6.07, 6.45) is 1.35. The zero-order valence-electron chi connectivity index (χ0n) is 10.1. The van der Waals surface area contributed by atoms with Crippen molar-refractivity contribution in [2.45, 2.75) is 32.9 Å². The monoisotopic (exact) mass is 220 g/mol. The normalized spacial score (nSPS) is 19.2. The fourth-order valence-corrected chi connectivity index (χ4v) is 2.11. The van der Waals surface area contributed by atoms with E-state index in [1.165, 1.54) is 5.69 Å². The Kier molecular flexibility index (Phi) is 3.34. The lowest BCUT2D eigenvalue weighted by Gasteiger charge is -2.35. The Hall–Kier alpha value is -1.22. The molecule has 0 bridgehead atoms. The first-order chi connectivity index (χ1) is 7.78. The third-order valence-electron chi connectivity index (χ3n) is 3.16. The van der Waals surface area contributed by atoms with Crippen molar-refractivity contribution in [3.8, 4) is 5.75 Å². The number of rotatable bonds is 3. The largest absolute Gasteiger partial charge is 0.486 e. The van der Waals surface area contributed by atoms with Crippen LogP contribution in [-0.2, 0) is 6.54 Å². The molecule has 0 aromatic heterocycles. The van der Waals surface area contributed by atoms with Crippen LogP contribution in [0.1, 0.15) is 25.8 Å². The van der Waals surface area contributed by atoms with Gasteiger partial charge in [-0.05, 0) is 31.0 Å². The fourth-order valence-electron chi connectivity index (χ4n) is 2.11. The molecule has 0 spiro atoms. The van der Waals surface area contributed by atoms with Crippen LogP contribution in [0.25, 0.3) is 0 Å². The Balaban J connectivity index is 2.33. The molecular formula is C13H20N2O. The highest BCUT2D eigenvalue weighted by Gasteiger charge is 2.23. The molecule has 1 aromatic carbocycles. The summed E-state index contributed by atoms with van der Waals surface area (Å²) in [6, 6.07) is 6.27. The summed E-state index contributed by atoms with van der Waals surface area (Å²) in [4.78, 5) is 2.37. The van der Waals surface area contributed by atoms with Crippen LogP contribution in [0.4, 0.5) is 5.69 Å². The second-order valence-electron chi connectivity index (χ2n) is 4.19. The molecule has 88 valence electrons. The lowest BCUT2D eigenvalue weighted by Crippen LogP contribution is -2.39. The van der Waals surface area contributed by atoms with E-state index in [4.69, 9.17) is 10.5 Å². The van der Waals surface area contributed by atoms with Gasteiger partial charge in [0.05, 0.1) is 12.2 Å². The maximum atomic E-state index is 5.96. The fraction of sp³-hybridized carbons (Fsp3) is 0.538. The Morgan fingerprint density at radius 1 is 1.44 bits per heavy atom. The van der Waals surface area contributed by atoms with E-state index in [1.807, 2.05) is 0 Å². The maximum Gasteiger partial charge on any atom is 0.143 e. The zero-order chi connectivity index (χ0) is 11.5. The molecule has 0 radical (unpaired) electrons. The van der Waals surface area contributed by atoms with Crippen LogP contribution in [0, 0.1) is 0 Å². The second-order valence-corrected chi connectivity index (χ2v) is 4.19. The molecule has 3 nitrogen and oxygen atoms in total. The van der Waals surface area contributed by atoms with Crippen molar-refractivity contribution in [2.24, 2.45) is 5.73 Å². The van der Waals surface area contributed by atoms with Gasteiger partial charge in [0.15, 0.2) is 0 Å². The standard InChI is InChI=1S/C13H20N2O/c1-3-11-9-15(4-2)12-6-5-10(8-14)7-13(12)16-11/h5-7,11H,3-4,8-9,14H2,1-2H3. The van der Waals surface area contributed by atoms with Crippen molar-refractivity contribution in [1.82, 2.24) is 0 Å². The minimum absolute atomic E-state index is 0.306. The van der Waals surface area contributed by atoms with E-state index in [9.17, 15) is 0 Å². The average molecular weight is 220 g/mol. The van der Waals surface area contributed by atoms with Gasteiger partial charge in [0.1, 0.15) is 11.9 Å². The molecule has 3 heteroatoms. The molecule has 2 rings (SSSR count). The van der Waals surface area contributed by atoms with Gasteiger partial charge in [-0.25, -0.2) is 0 Å². The Morgan fingerprint density at radius 2 is 2.25 bits per heavy atom. The summed E-state index contributed by atoms with van der Waals surface area (Å²) in [7, 11) is 0. The van der Waals surface area contributed by atoms with Gasteiger partial charge >= 0.3 is 0 Å². The molecule has 0 saturated carbocycles. The molecule has 0 aliphatic carbocycles. The first kappa shape index (κ1) is 11.3. The Morgan fingerprint density at radius 3 is 2.88 bits per heavy atom. The Bertz CT molecular complexity index is 365. The van der Waals surface area contributed by atoms with Crippen molar-refractivity contribution in [2.75, 3.05) is 18.0 Å². The number of anilines is 1. The third kappa shape index (κ3) is 2.00. The molecule has 0 saturated heterocycles. The van der Waals surface area contributed by atoms with Crippen LogP contribution in [0.5, 0.6) is 5.75 Å². The number of hydrogen-bond acceptors (Lipinski definition) is 3. The van der Waals surface area contributed by atoms with Crippen LogP contribution in [-0.4, -0.2) is 19.2 Å². The highest BCUT2D eigenvalue weighted by molar-refractivity contribution is 5.61. The van der Waals surface area contributed by atoms with Crippen molar-refractivity contribution < 1.29 is 4.74 Å². The average Bonchev–Trinajstić information content (AvgIpc) is 2.36. The van der Waals surface area contributed by atoms with Crippen molar-refractivity contribution >= 4 is 5.69 Å². The van der Waals surface area contributed by atoms with E-state index in [-0.39, 0.29) is 0 Å². The number of hydrogen-bond donors (Lipinski definition) is 1. The maximum absolute atomic E-state index is 5.96. The summed E-state index contributed by atoms with van der Waals surface area (Å²) < 4.78 is 5.96. The van der Waals surface area contributed by atoms with E-state index in [2.05, 4.69) is 36.9 Å². The van der Waals surface area contributed by atoms with Gasteiger partial charge in [0.2, 0.25) is 0 Å². The van der Waals surface area contributed by atoms with Crippen molar-refractivity contribution in [3.63, 3.8) is 0 Å². The topological polar surface area (TPSA) is 38.5 Å². The van der Waals surface area contributed by atoms with Crippen molar-refractivity contribution in [3.05, 3.63) is 23.8 Å². The molecule has 1 aliphatic rings. The van der Waals surface area contributed by atoms with E-state index in [0.717, 1.165) is 30.8 Å². The molecule has 1 unspecified atom stereocenters. The number of likely N-dealkylation sites (N-methyl/N-ethyl adjacent to an activating group) is 1. The predicted octanol–water partition coefficient (Wildman–Crippen LogP) is 2.14. The highest BCUT2D eigenvalue weighted by Crippen LogP contribution is 2.34. The first-order valence-electron chi connectivity index (χ1n) is 6.03. The minimum atomic E-state index is 0.306. The highest BCUT2D eigenvalue weighted by atomic mass is 16.5. The number of benzene rings is 1. The van der Waals surface area contributed by atoms with Gasteiger partial charge in [-0.15, -0.1) is 0 Å². The molecule has 1 aromatic rings. The number of nitrogens with zero attached hydrogens (tertiary/aromatic N) is 1. The summed E-state index contributed by atoms with van der Waals surface area (Å²) in [5.41, 5.74) is 7.98. The lowest BCUT2D eigenvalue weighted by atomic mass is 10.1. The van der Waals surface area contributed by atoms with Crippen LogP contribution in [0.3, 0.4) is 0 Å². The van der Waals surface area contributed by atoms with Gasteiger partial charge in [0.25, 0.3) is 0 Å². The van der Waals surface area contributed by atoms with Crippen molar-refractivity contribution in [1.29, 1.82) is 0 Å². The van der Waals surface area contributed by atoms with Crippen LogP contribution in [0.15, 0.2) is 18.2 Å². The molecule has 2 N–H and O–H groups in total. The first-order valence-corrected chi connectivity index (χ1v) is 6.03. The number of ether oxygens (including phenoxy) is 1. The molecule has 0 amide bonds. The smallest absolute Gasteiger partial charge is 0.143 e. The van der Waals surface area contributed by atoms with E-state index in [0.29, 0.717) is 12.6 Å². The summed E-state index contributed by atoms with van der Waals surface area (Å²) in [5.74, 6) is 0.989. The quantitative estimate of drug-likeness (QED) is 0.848. The van der Waals surface area contributed by atoms with Crippen LogP contribution < -0.4 is 15.4 Å². The number of fused-ring (bicyclic) bond motifs is 1. The van der Waals surface area contributed by atoms with Crippen LogP contribution in [0.2, 0.25) is 0 Å².